The Balaban J connectivity index is 2.01. The summed E-state index contributed by atoms with van der Waals surface area (Å²) >= 11 is 9.23. The zero-order valence-corrected chi connectivity index (χ0v) is 10.4. The second-order valence-corrected chi connectivity index (χ2v) is 4.37. The van der Waals surface area contributed by atoms with Gasteiger partial charge in [-0.2, -0.15) is 0 Å². The van der Waals surface area contributed by atoms with Gasteiger partial charge < -0.3 is 9.47 Å². The highest BCUT2D eigenvalue weighted by atomic mass is 79.9. The molecular formula is C11H11BrClO2. The molecule has 1 saturated heterocycles. The fourth-order valence-corrected chi connectivity index (χ4v) is 2.09. The van der Waals surface area contributed by atoms with Crippen LogP contribution in [0.5, 0.6) is 0 Å². The zero-order chi connectivity index (χ0) is 10.7. The van der Waals surface area contributed by atoms with Crippen molar-refractivity contribution in [3.8, 4) is 0 Å². The summed E-state index contributed by atoms with van der Waals surface area (Å²) in [6.07, 6.45) is 1.81. The Kier molecular flexibility index (Phi) is 4.03. The smallest absolute Gasteiger partial charge is 0.184 e. The predicted octanol–water partition coefficient (Wildman–Crippen LogP) is 3.35. The topological polar surface area (TPSA) is 18.5 Å². The van der Waals surface area contributed by atoms with E-state index in [0.29, 0.717) is 11.6 Å². The van der Waals surface area contributed by atoms with Crippen LogP contribution in [0.3, 0.4) is 0 Å². The molecule has 1 aliphatic heterocycles. The molecule has 1 aliphatic rings. The molecule has 0 bridgehead atoms. The maximum absolute atomic E-state index is 5.89. The van der Waals surface area contributed by atoms with Crippen LogP contribution in [0.2, 0.25) is 5.02 Å². The van der Waals surface area contributed by atoms with Crippen LogP contribution >= 0.6 is 27.5 Å². The Morgan fingerprint density at radius 3 is 3.13 bits per heavy atom. The lowest BCUT2D eigenvalue weighted by Crippen LogP contribution is -2.10. The van der Waals surface area contributed by atoms with E-state index in [4.69, 9.17) is 21.1 Å². The molecule has 15 heavy (non-hydrogen) atoms. The summed E-state index contributed by atoms with van der Waals surface area (Å²) in [6.45, 7) is 0.600. The van der Waals surface area contributed by atoms with E-state index in [0.717, 1.165) is 10.9 Å². The van der Waals surface area contributed by atoms with Crippen molar-refractivity contribution in [1.82, 2.24) is 0 Å². The number of ether oxygens (including phenoxy) is 2. The molecule has 0 amide bonds. The molecule has 81 valence electrons. The molecule has 2 nitrogen and oxygen atoms in total. The Morgan fingerprint density at radius 1 is 1.53 bits per heavy atom. The van der Waals surface area contributed by atoms with Crippen LogP contribution < -0.4 is 0 Å². The van der Waals surface area contributed by atoms with Crippen LogP contribution in [0, 0.1) is 6.42 Å². The minimum Gasteiger partial charge on any atom is -0.346 e. The third-order valence-corrected chi connectivity index (χ3v) is 2.79. The van der Waals surface area contributed by atoms with Crippen LogP contribution in [0.25, 0.3) is 0 Å². The molecule has 1 radical (unpaired) electrons. The molecule has 0 saturated carbocycles. The Bertz CT molecular complexity index is 332. The van der Waals surface area contributed by atoms with Crippen molar-refractivity contribution in [1.29, 1.82) is 0 Å². The molecule has 1 fully saturated rings. The summed E-state index contributed by atoms with van der Waals surface area (Å²) in [5.74, 6) is 0. The SMILES string of the molecule is Clc1cccc(C2OCC([CH]CBr)O2)c1. The van der Waals surface area contributed by atoms with Gasteiger partial charge in [0.15, 0.2) is 6.29 Å². The van der Waals surface area contributed by atoms with E-state index in [1.54, 1.807) is 0 Å². The van der Waals surface area contributed by atoms with E-state index >= 15 is 0 Å². The molecule has 2 rings (SSSR count). The van der Waals surface area contributed by atoms with Gasteiger partial charge in [-0.25, -0.2) is 0 Å². The lowest BCUT2D eigenvalue weighted by Gasteiger charge is -2.10. The Hall–Kier alpha value is -0.0900. The fraction of sp³-hybridized carbons (Fsp3) is 0.364. The first-order valence-corrected chi connectivity index (χ1v) is 6.21. The molecule has 2 unspecified atom stereocenters. The van der Waals surface area contributed by atoms with Gasteiger partial charge in [-0.15, -0.1) is 0 Å². The number of rotatable bonds is 3. The highest BCUT2D eigenvalue weighted by Gasteiger charge is 2.26. The van der Waals surface area contributed by atoms with E-state index in [1.807, 2.05) is 30.7 Å². The molecule has 2 atom stereocenters. The van der Waals surface area contributed by atoms with Gasteiger partial charge in [0.2, 0.25) is 0 Å². The van der Waals surface area contributed by atoms with Crippen molar-refractivity contribution in [2.75, 3.05) is 11.9 Å². The Morgan fingerprint density at radius 2 is 2.40 bits per heavy atom. The van der Waals surface area contributed by atoms with E-state index < -0.39 is 0 Å². The lowest BCUT2D eigenvalue weighted by atomic mass is 10.2. The average molecular weight is 291 g/mol. The predicted molar refractivity (Wildman–Crippen MR) is 63.1 cm³/mol. The fourth-order valence-electron chi connectivity index (χ4n) is 1.47. The molecule has 4 heteroatoms. The van der Waals surface area contributed by atoms with E-state index in [-0.39, 0.29) is 12.4 Å². The number of hydrogen-bond acceptors (Lipinski definition) is 2. The first-order chi connectivity index (χ1) is 7.29. The second kappa shape index (κ2) is 5.30. The number of benzene rings is 1. The van der Waals surface area contributed by atoms with Crippen LogP contribution in [0.4, 0.5) is 0 Å². The summed E-state index contributed by atoms with van der Waals surface area (Å²) in [5, 5.41) is 1.51. The van der Waals surface area contributed by atoms with Gasteiger partial charge in [-0.1, -0.05) is 39.7 Å². The maximum Gasteiger partial charge on any atom is 0.184 e. The molecule has 1 heterocycles. The minimum atomic E-state index is -0.288. The van der Waals surface area contributed by atoms with E-state index in [2.05, 4.69) is 15.9 Å². The summed E-state index contributed by atoms with van der Waals surface area (Å²) in [7, 11) is 0. The van der Waals surface area contributed by atoms with Crippen LogP contribution in [-0.4, -0.2) is 18.0 Å². The third kappa shape index (κ3) is 2.94. The van der Waals surface area contributed by atoms with Gasteiger partial charge in [0.25, 0.3) is 0 Å². The van der Waals surface area contributed by atoms with Gasteiger partial charge in [-0.3, -0.25) is 0 Å². The Labute approximate surface area is 103 Å². The molecular weight excluding hydrogens is 279 g/mol. The zero-order valence-electron chi connectivity index (χ0n) is 8.03. The van der Waals surface area contributed by atoms with Gasteiger partial charge in [0.1, 0.15) is 0 Å². The first kappa shape index (κ1) is 11.4. The van der Waals surface area contributed by atoms with Gasteiger partial charge >= 0.3 is 0 Å². The molecule has 0 N–H and O–H groups in total. The first-order valence-electron chi connectivity index (χ1n) is 4.71. The minimum absolute atomic E-state index is 0.0633. The molecule has 0 spiro atoms. The van der Waals surface area contributed by atoms with Crippen LogP contribution in [0.1, 0.15) is 11.9 Å². The van der Waals surface area contributed by atoms with Crippen molar-refractivity contribution < 1.29 is 9.47 Å². The molecule has 1 aromatic carbocycles. The van der Waals surface area contributed by atoms with Crippen molar-refractivity contribution in [2.24, 2.45) is 0 Å². The highest BCUT2D eigenvalue weighted by molar-refractivity contribution is 9.09. The maximum atomic E-state index is 5.89. The highest BCUT2D eigenvalue weighted by Crippen LogP contribution is 2.29. The summed E-state index contributed by atoms with van der Waals surface area (Å²) < 4.78 is 11.2. The van der Waals surface area contributed by atoms with E-state index in [9.17, 15) is 0 Å². The van der Waals surface area contributed by atoms with Crippen LogP contribution in [-0.2, 0) is 9.47 Å². The quantitative estimate of drug-likeness (QED) is 0.795. The monoisotopic (exact) mass is 289 g/mol. The third-order valence-electron chi connectivity index (χ3n) is 2.18. The number of halogens is 2. The standard InChI is InChI=1S/C11H11BrClO2/c12-5-4-10-7-14-11(15-10)8-2-1-3-9(13)6-8/h1-4,6,10-11H,5,7H2. The second-order valence-electron chi connectivity index (χ2n) is 3.28. The lowest BCUT2D eigenvalue weighted by molar-refractivity contribution is -0.0551. The van der Waals surface area contributed by atoms with E-state index in [1.165, 1.54) is 0 Å². The largest absolute Gasteiger partial charge is 0.346 e. The molecule has 0 aliphatic carbocycles. The van der Waals surface area contributed by atoms with Crippen molar-refractivity contribution in [2.45, 2.75) is 12.4 Å². The number of hydrogen-bond donors (Lipinski definition) is 0. The van der Waals surface area contributed by atoms with Gasteiger partial charge in [0.05, 0.1) is 12.7 Å². The van der Waals surface area contributed by atoms with Crippen LogP contribution in [0.15, 0.2) is 24.3 Å². The van der Waals surface area contributed by atoms with Crippen molar-refractivity contribution >= 4 is 27.5 Å². The summed E-state index contributed by atoms with van der Waals surface area (Å²) in [4.78, 5) is 0. The summed E-state index contributed by atoms with van der Waals surface area (Å²) in [5.41, 5.74) is 0.966. The van der Waals surface area contributed by atoms with Gasteiger partial charge in [0, 0.05) is 22.3 Å². The van der Waals surface area contributed by atoms with Gasteiger partial charge in [-0.05, 0) is 12.1 Å². The molecule has 1 aromatic rings. The molecule has 0 aromatic heterocycles. The van der Waals surface area contributed by atoms with Crippen molar-refractivity contribution in [3.63, 3.8) is 0 Å². The van der Waals surface area contributed by atoms with Crippen molar-refractivity contribution in [3.05, 3.63) is 41.3 Å². The normalized spacial score (nSPS) is 25.7. The average Bonchev–Trinajstić information content (AvgIpc) is 2.67. The summed E-state index contributed by atoms with van der Waals surface area (Å²) in [6, 6.07) is 7.55. The number of alkyl halides is 1.